The van der Waals surface area contributed by atoms with Crippen LogP contribution in [-0.2, 0) is 16.4 Å². The van der Waals surface area contributed by atoms with Gasteiger partial charge >= 0.3 is 0 Å². The zero-order valence-corrected chi connectivity index (χ0v) is 15.7. The van der Waals surface area contributed by atoms with Crippen LogP contribution in [0.15, 0.2) is 30.3 Å². The number of Topliss-reactive ketones (excluding diaryl/α,β-unsaturated/α-hetero) is 1. The quantitative estimate of drug-likeness (QED) is 0.689. The first-order valence-corrected chi connectivity index (χ1v) is 10.3. The second-order valence-corrected chi connectivity index (χ2v) is 8.56. The van der Waals surface area contributed by atoms with Gasteiger partial charge in [0.05, 0.1) is 27.8 Å². The summed E-state index contributed by atoms with van der Waals surface area (Å²) in [5.74, 6) is 0.135. The van der Waals surface area contributed by atoms with E-state index in [1.165, 1.54) is 17.4 Å². The Hall–Kier alpha value is -1.92. The first-order chi connectivity index (χ1) is 11.8. The number of benzene rings is 1. The Balaban J connectivity index is 1.90. The Morgan fingerprint density at radius 2 is 2.12 bits per heavy atom. The molecule has 1 N–H and O–H groups in total. The molecule has 0 amide bonds. The number of sulfonamides is 1. The summed E-state index contributed by atoms with van der Waals surface area (Å²) >= 11 is 7.29. The van der Waals surface area contributed by atoms with Crippen LogP contribution in [0, 0.1) is 11.3 Å². The third kappa shape index (κ3) is 6.14. The molecule has 0 bridgehead atoms. The number of ether oxygens (including phenoxy) is 1. The average molecular weight is 399 g/mol. The lowest BCUT2D eigenvalue weighted by atomic mass is 10.2. The van der Waals surface area contributed by atoms with Gasteiger partial charge in [0.2, 0.25) is 15.8 Å². The summed E-state index contributed by atoms with van der Waals surface area (Å²) in [7, 11) is -3.22. The Kier molecular flexibility index (Phi) is 6.56. The van der Waals surface area contributed by atoms with E-state index in [-0.39, 0.29) is 24.0 Å². The van der Waals surface area contributed by atoms with Gasteiger partial charge < -0.3 is 4.74 Å². The molecule has 0 aliphatic heterocycles. The highest BCUT2D eigenvalue weighted by Gasteiger charge is 2.12. The van der Waals surface area contributed by atoms with Crippen molar-refractivity contribution < 1.29 is 17.9 Å². The van der Waals surface area contributed by atoms with Crippen LogP contribution in [0.3, 0.4) is 0 Å². The van der Waals surface area contributed by atoms with Crippen LogP contribution in [0.5, 0.6) is 5.75 Å². The molecular weight excluding hydrogens is 384 g/mol. The monoisotopic (exact) mass is 398 g/mol. The van der Waals surface area contributed by atoms with E-state index in [0.717, 1.165) is 11.1 Å². The second-order valence-electron chi connectivity index (χ2n) is 5.15. The number of halogens is 1. The molecule has 0 saturated heterocycles. The first kappa shape index (κ1) is 19.4. The Bertz CT molecular complexity index is 916. The van der Waals surface area contributed by atoms with Gasteiger partial charge in [-0.2, -0.15) is 5.26 Å². The maximum atomic E-state index is 12.2. The summed E-state index contributed by atoms with van der Waals surface area (Å²) in [6, 6.07) is 10.0. The Labute approximate surface area is 155 Å². The zero-order chi connectivity index (χ0) is 18.4. The SMILES string of the molecule is CS(=O)(=O)NCCc1ccc(C(=O)COc2ccc(C#N)cc2Cl)s1. The molecule has 0 spiro atoms. The molecule has 0 atom stereocenters. The molecule has 0 fully saturated rings. The van der Waals surface area contributed by atoms with Crippen molar-refractivity contribution in [3.63, 3.8) is 0 Å². The molecule has 1 aromatic carbocycles. The van der Waals surface area contributed by atoms with Gasteiger partial charge in [-0.15, -0.1) is 11.3 Å². The number of thiophene rings is 1. The normalized spacial score (nSPS) is 11.1. The molecule has 6 nitrogen and oxygen atoms in total. The maximum absolute atomic E-state index is 12.2. The van der Waals surface area contributed by atoms with Crippen LogP contribution in [0.4, 0.5) is 0 Å². The van der Waals surface area contributed by atoms with E-state index in [1.54, 1.807) is 24.3 Å². The number of hydrogen-bond acceptors (Lipinski definition) is 6. The number of nitrogens with one attached hydrogen (secondary N) is 1. The van der Waals surface area contributed by atoms with Crippen molar-refractivity contribution in [3.05, 3.63) is 50.7 Å². The highest BCUT2D eigenvalue weighted by atomic mass is 35.5. The van der Waals surface area contributed by atoms with Gasteiger partial charge in [0.15, 0.2) is 6.61 Å². The highest BCUT2D eigenvalue weighted by Crippen LogP contribution is 2.26. The molecule has 0 unspecified atom stereocenters. The van der Waals surface area contributed by atoms with E-state index in [2.05, 4.69) is 4.72 Å². The Morgan fingerprint density at radius 1 is 1.36 bits per heavy atom. The summed E-state index contributed by atoms with van der Waals surface area (Å²) in [6.45, 7) is 0.109. The molecule has 2 aromatic rings. The average Bonchev–Trinajstić information content (AvgIpc) is 3.01. The van der Waals surface area contributed by atoms with E-state index < -0.39 is 10.0 Å². The molecular formula is C16H15ClN2O4S2. The van der Waals surface area contributed by atoms with Gasteiger partial charge in [-0.25, -0.2) is 13.1 Å². The third-order valence-electron chi connectivity index (χ3n) is 3.09. The summed E-state index contributed by atoms with van der Waals surface area (Å²) in [6.07, 6.45) is 1.61. The van der Waals surface area contributed by atoms with Gasteiger partial charge in [-0.05, 0) is 36.8 Å². The van der Waals surface area contributed by atoms with E-state index in [0.29, 0.717) is 22.6 Å². The summed E-state index contributed by atoms with van der Waals surface area (Å²) in [4.78, 5) is 13.6. The van der Waals surface area contributed by atoms with Crippen LogP contribution < -0.4 is 9.46 Å². The summed E-state index contributed by atoms with van der Waals surface area (Å²) in [5, 5.41) is 9.06. The molecule has 1 aromatic heterocycles. The van der Waals surface area contributed by atoms with E-state index in [9.17, 15) is 13.2 Å². The predicted octanol–water partition coefficient (Wildman–Crippen LogP) is 2.63. The molecule has 25 heavy (non-hydrogen) atoms. The highest BCUT2D eigenvalue weighted by molar-refractivity contribution is 7.88. The van der Waals surface area contributed by atoms with Crippen LogP contribution in [-0.4, -0.2) is 33.6 Å². The zero-order valence-electron chi connectivity index (χ0n) is 13.3. The fraction of sp³-hybridized carbons (Fsp3) is 0.250. The molecule has 132 valence electrons. The van der Waals surface area contributed by atoms with Crippen molar-refractivity contribution in [1.82, 2.24) is 4.72 Å². The van der Waals surface area contributed by atoms with Crippen molar-refractivity contribution >= 4 is 38.7 Å². The van der Waals surface area contributed by atoms with Gasteiger partial charge in [0, 0.05) is 11.4 Å². The molecule has 2 rings (SSSR count). The summed E-state index contributed by atoms with van der Waals surface area (Å²) in [5.41, 5.74) is 0.411. The van der Waals surface area contributed by atoms with Crippen LogP contribution in [0.2, 0.25) is 5.02 Å². The number of carbonyl (C=O) groups is 1. The largest absolute Gasteiger partial charge is 0.484 e. The topological polar surface area (TPSA) is 96.3 Å². The predicted molar refractivity (Wildman–Crippen MR) is 96.9 cm³/mol. The minimum absolute atomic E-state index is 0.173. The van der Waals surface area contributed by atoms with Gasteiger partial charge in [-0.3, -0.25) is 4.79 Å². The molecule has 0 radical (unpaired) electrons. The van der Waals surface area contributed by atoms with Crippen LogP contribution in [0.25, 0.3) is 0 Å². The van der Waals surface area contributed by atoms with E-state index >= 15 is 0 Å². The van der Waals surface area contributed by atoms with Gasteiger partial charge in [-0.1, -0.05) is 11.6 Å². The molecule has 9 heteroatoms. The van der Waals surface area contributed by atoms with E-state index in [4.69, 9.17) is 21.6 Å². The maximum Gasteiger partial charge on any atom is 0.210 e. The number of nitrogens with zero attached hydrogens (tertiary/aromatic N) is 1. The third-order valence-corrected chi connectivity index (χ3v) is 5.30. The van der Waals surface area contributed by atoms with Gasteiger partial charge in [0.25, 0.3) is 0 Å². The summed E-state index contributed by atoms with van der Waals surface area (Å²) < 4.78 is 29.8. The first-order valence-electron chi connectivity index (χ1n) is 7.17. The van der Waals surface area contributed by atoms with Crippen molar-refractivity contribution in [1.29, 1.82) is 5.26 Å². The number of rotatable bonds is 8. The Morgan fingerprint density at radius 3 is 2.76 bits per heavy atom. The van der Waals surface area contributed by atoms with Crippen molar-refractivity contribution in [2.75, 3.05) is 19.4 Å². The van der Waals surface area contributed by atoms with Crippen LogP contribution >= 0.6 is 22.9 Å². The fourth-order valence-corrected chi connectivity index (χ4v) is 3.56. The lowest BCUT2D eigenvalue weighted by Crippen LogP contribution is -2.24. The van der Waals surface area contributed by atoms with Crippen molar-refractivity contribution in [2.45, 2.75) is 6.42 Å². The molecule has 0 aliphatic carbocycles. The van der Waals surface area contributed by atoms with Crippen LogP contribution in [0.1, 0.15) is 20.1 Å². The molecule has 0 saturated carbocycles. The number of nitriles is 1. The van der Waals surface area contributed by atoms with E-state index in [1.807, 2.05) is 6.07 Å². The number of ketones is 1. The van der Waals surface area contributed by atoms with Crippen molar-refractivity contribution in [2.24, 2.45) is 0 Å². The standard InChI is InChI=1S/C16H15ClN2O4S2/c1-25(21,22)19-7-6-12-3-5-16(24-12)14(20)10-23-15-4-2-11(9-18)8-13(15)17/h2-5,8,19H,6-7,10H2,1H3. The molecule has 0 aliphatic rings. The minimum atomic E-state index is -3.22. The smallest absolute Gasteiger partial charge is 0.210 e. The second kappa shape index (κ2) is 8.45. The van der Waals surface area contributed by atoms with Crippen molar-refractivity contribution in [3.8, 4) is 11.8 Å². The van der Waals surface area contributed by atoms with Gasteiger partial charge in [0.1, 0.15) is 5.75 Å². The lowest BCUT2D eigenvalue weighted by molar-refractivity contribution is 0.0925. The fourth-order valence-electron chi connectivity index (χ4n) is 1.92. The lowest BCUT2D eigenvalue weighted by Gasteiger charge is -2.06. The molecule has 1 heterocycles. The number of carbonyl (C=O) groups excluding carboxylic acids is 1. The minimum Gasteiger partial charge on any atom is -0.484 e. The number of hydrogen-bond donors (Lipinski definition) is 1.